The quantitative estimate of drug-likeness (QED) is 0.663. The average molecular weight is 352 g/mol. The van der Waals surface area contributed by atoms with Gasteiger partial charge in [0.2, 0.25) is 0 Å². The van der Waals surface area contributed by atoms with E-state index in [1.807, 2.05) is 0 Å². The van der Waals surface area contributed by atoms with Gasteiger partial charge >= 0.3 is 5.97 Å². The topological polar surface area (TPSA) is 98.9 Å². The van der Waals surface area contributed by atoms with Gasteiger partial charge in [-0.15, -0.1) is 0 Å². The number of aromatic nitrogens is 1. The number of benzene rings is 2. The zero-order chi connectivity index (χ0) is 18.3. The lowest BCUT2D eigenvalue weighted by Gasteiger charge is -2.12. The molecule has 0 bridgehead atoms. The molecule has 2 heterocycles. The summed E-state index contributed by atoms with van der Waals surface area (Å²) in [7, 11) is 1.52. The molecular weight excluding hydrogens is 340 g/mol. The molecule has 2 aromatic carbocycles. The first-order valence-corrected chi connectivity index (χ1v) is 7.69. The van der Waals surface area contributed by atoms with Crippen LogP contribution in [0.25, 0.3) is 11.0 Å². The Morgan fingerprint density at radius 2 is 1.81 bits per heavy atom. The summed E-state index contributed by atoms with van der Waals surface area (Å²) in [5.41, 5.74) is 1.19. The van der Waals surface area contributed by atoms with Gasteiger partial charge in [-0.05, 0) is 30.3 Å². The van der Waals surface area contributed by atoms with E-state index in [1.54, 1.807) is 30.3 Å². The van der Waals surface area contributed by atoms with E-state index >= 15 is 0 Å². The molecule has 2 amide bonds. The SMILES string of the molecule is COc1ccc2onc(CC(=O)ON3C(=O)c4ccccc4C3=O)c2c1. The Balaban J connectivity index is 1.54. The molecule has 0 aliphatic carbocycles. The number of hydroxylamine groups is 2. The first kappa shape index (κ1) is 15.8. The van der Waals surface area contributed by atoms with Crippen molar-refractivity contribution in [3.05, 3.63) is 59.3 Å². The normalized spacial score (nSPS) is 13.2. The van der Waals surface area contributed by atoms with Crippen LogP contribution in [0, 0.1) is 0 Å². The van der Waals surface area contributed by atoms with Crippen molar-refractivity contribution in [2.75, 3.05) is 7.11 Å². The Kier molecular flexibility index (Phi) is 3.65. The molecule has 1 aliphatic rings. The van der Waals surface area contributed by atoms with Crippen molar-refractivity contribution in [1.29, 1.82) is 0 Å². The predicted molar refractivity (Wildman–Crippen MR) is 87.3 cm³/mol. The fourth-order valence-corrected chi connectivity index (χ4v) is 2.74. The van der Waals surface area contributed by atoms with Crippen molar-refractivity contribution in [3.63, 3.8) is 0 Å². The highest BCUT2D eigenvalue weighted by molar-refractivity contribution is 6.20. The molecule has 0 unspecified atom stereocenters. The molecule has 0 N–H and O–H groups in total. The van der Waals surface area contributed by atoms with Gasteiger partial charge in [0.05, 0.1) is 24.7 Å². The summed E-state index contributed by atoms with van der Waals surface area (Å²) in [6.07, 6.45) is -0.270. The third kappa shape index (κ3) is 2.48. The molecule has 0 radical (unpaired) electrons. The summed E-state index contributed by atoms with van der Waals surface area (Å²) >= 11 is 0. The summed E-state index contributed by atoms with van der Waals surface area (Å²) in [5, 5.41) is 4.90. The van der Waals surface area contributed by atoms with E-state index in [4.69, 9.17) is 14.1 Å². The number of hydrogen-bond donors (Lipinski definition) is 0. The molecule has 26 heavy (non-hydrogen) atoms. The van der Waals surface area contributed by atoms with Crippen molar-refractivity contribution >= 4 is 28.8 Å². The largest absolute Gasteiger partial charge is 0.497 e. The molecule has 1 aromatic heterocycles. The molecule has 130 valence electrons. The predicted octanol–water partition coefficient (Wildman–Crippen LogP) is 2.13. The number of hydrogen-bond acceptors (Lipinski definition) is 7. The van der Waals surface area contributed by atoms with E-state index in [0.717, 1.165) is 0 Å². The average Bonchev–Trinajstić information content (AvgIpc) is 3.16. The Bertz CT molecular complexity index is 1020. The smallest absolute Gasteiger partial charge is 0.339 e. The van der Waals surface area contributed by atoms with Gasteiger partial charge in [0.25, 0.3) is 11.8 Å². The third-order valence-electron chi connectivity index (χ3n) is 4.01. The zero-order valence-electron chi connectivity index (χ0n) is 13.6. The lowest BCUT2D eigenvalue weighted by Crippen LogP contribution is -2.33. The lowest BCUT2D eigenvalue weighted by molar-refractivity contribution is -0.167. The third-order valence-corrected chi connectivity index (χ3v) is 4.01. The molecule has 0 saturated carbocycles. The van der Waals surface area contributed by atoms with Crippen LogP contribution in [0.2, 0.25) is 0 Å². The van der Waals surface area contributed by atoms with Gasteiger partial charge in [0, 0.05) is 5.39 Å². The fraction of sp³-hybridized carbons (Fsp3) is 0.111. The van der Waals surface area contributed by atoms with Crippen LogP contribution in [0.5, 0.6) is 5.75 Å². The van der Waals surface area contributed by atoms with Crippen LogP contribution in [0.15, 0.2) is 47.0 Å². The Morgan fingerprint density at radius 1 is 1.12 bits per heavy atom. The highest BCUT2D eigenvalue weighted by Gasteiger charge is 2.38. The minimum Gasteiger partial charge on any atom is -0.497 e. The maximum absolute atomic E-state index is 12.2. The van der Waals surface area contributed by atoms with Gasteiger partial charge in [-0.25, -0.2) is 4.79 Å². The zero-order valence-corrected chi connectivity index (χ0v) is 13.6. The van der Waals surface area contributed by atoms with Crippen molar-refractivity contribution in [3.8, 4) is 5.75 Å². The van der Waals surface area contributed by atoms with Crippen molar-refractivity contribution in [2.45, 2.75) is 6.42 Å². The number of rotatable bonds is 4. The number of fused-ring (bicyclic) bond motifs is 2. The van der Waals surface area contributed by atoms with Crippen LogP contribution in [0.3, 0.4) is 0 Å². The minimum atomic E-state index is -0.808. The van der Waals surface area contributed by atoms with E-state index in [9.17, 15) is 14.4 Å². The van der Waals surface area contributed by atoms with Crippen LogP contribution >= 0.6 is 0 Å². The Hall–Kier alpha value is -3.68. The number of amides is 2. The van der Waals surface area contributed by atoms with Crippen LogP contribution in [-0.4, -0.2) is 35.1 Å². The van der Waals surface area contributed by atoms with E-state index in [0.29, 0.717) is 27.5 Å². The monoisotopic (exact) mass is 352 g/mol. The summed E-state index contributed by atoms with van der Waals surface area (Å²) in [6.45, 7) is 0. The van der Waals surface area contributed by atoms with Gasteiger partial charge in [-0.1, -0.05) is 22.4 Å². The molecule has 3 aromatic rings. The van der Waals surface area contributed by atoms with Crippen LogP contribution in [0.4, 0.5) is 0 Å². The molecule has 0 saturated heterocycles. The van der Waals surface area contributed by atoms with E-state index in [1.165, 1.54) is 19.2 Å². The van der Waals surface area contributed by atoms with Crippen molar-refractivity contribution < 1.29 is 28.5 Å². The summed E-state index contributed by atoms with van der Waals surface area (Å²) in [6, 6.07) is 11.3. The van der Waals surface area contributed by atoms with E-state index < -0.39 is 17.8 Å². The second-order valence-corrected chi connectivity index (χ2v) is 5.58. The number of nitrogens with zero attached hydrogens (tertiary/aromatic N) is 2. The van der Waals surface area contributed by atoms with Gasteiger partial charge in [0.1, 0.15) is 11.4 Å². The fourth-order valence-electron chi connectivity index (χ4n) is 2.74. The van der Waals surface area contributed by atoms with Crippen molar-refractivity contribution in [2.24, 2.45) is 0 Å². The maximum Gasteiger partial charge on any atom is 0.339 e. The highest BCUT2D eigenvalue weighted by Crippen LogP contribution is 2.26. The van der Waals surface area contributed by atoms with E-state index in [2.05, 4.69) is 5.16 Å². The van der Waals surface area contributed by atoms with Crippen molar-refractivity contribution in [1.82, 2.24) is 10.2 Å². The lowest BCUT2D eigenvalue weighted by atomic mass is 10.1. The number of ether oxygens (including phenoxy) is 1. The number of imide groups is 1. The molecule has 4 rings (SSSR count). The first-order chi connectivity index (χ1) is 12.6. The maximum atomic E-state index is 12.2. The summed E-state index contributed by atoms with van der Waals surface area (Å²) in [5.74, 6) is -1.58. The van der Waals surface area contributed by atoms with Gasteiger partial charge in [0.15, 0.2) is 5.58 Å². The molecule has 8 nitrogen and oxygen atoms in total. The Labute approximate surface area is 146 Å². The highest BCUT2D eigenvalue weighted by atomic mass is 16.7. The first-order valence-electron chi connectivity index (χ1n) is 7.69. The molecule has 0 fully saturated rings. The molecule has 8 heteroatoms. The summed E-state index contributed by atoms with van der Waals surface area (Å²) < 4.78 is 10.3. The van der Waals surface area contributed by atoms with Gasteiger partial charge in [-0.3, -0.25) is 9.59 Å². The summed E-state index contributed by atoms with van der Waals surface area (Å²) in [4.78, 5) is 41.6. The standard InChI is InChI=1S/C18H12N2O6/c1-24-10-6-7-15-13(8-10)14(19-25-15)9-16(21)26-20-17(22)11-4-2-3-5-12(11)18(20)23/h2-8H,9H2,1H3. The van der Waals surface area contributed by atoms with Crippen LogP contribution < -0.4 is 4.74 Å². The molecule has 0 spiro atoms. The van der Waals surface area contributed by atoms with E-state index in [-0.39, 0.29) is 17.5 Å². The second kappa shape index (κ2) is 5.99. The number of carbonyl (C=O) groups is 3. The molecule has 0 atom stereocenters. The second-order valence-electron chi connectivity index (χ2n) is 5.58. The minimum absolute atomic E-state index is 0.196. The molecule has 1 aliphatic heterocycles. The van der Waals surface area contributed by atoms with Crippen LogP contribution in [0.1, 0.15) is 26.4 Å². The Morgan fingerprint density at radius 3 is 2.46 bits per heavy atom. The van der Waals surface area contributed by atoms with Crippen LogP contribution in [-0.2, 0) is 16.1 Å². The van der Waals surface area contributed by atoms with Gasteiger partial charge < -0.3 is 14.1 Å². The molecular formula is C18H12N2O6. The van der Waals surface area contributed by atoms with Gasteiger partial charge in [-0.2, -0.15) is 0 Å². The number of carbonyl (C=O) groups excluding carboxylic acids is 3. The number of methoxy groups -OCH3 is 1.